The Morgan fingerprint density at radius 3 is 2.21 bits per heavy atom. The van der Waals surface area contributed by atoms with Crippen LogP contribution in [-0.4, -0.2) is 31.6 Å². The van der Waals surface area contributed by atoms with Crippen molar-refractivity contribution in [1.29, 1.82) is 0 Å². The van der Waals surface area contributed by atoms with Crippen LogP contribution in [0.3, 0.4) is 0 Å². The third-order valence-corrected chi connectivity index (χ3v) is 1.78. The largest absolute Gasteiger partial charge is 0.352 e. The summed E-state index contributed by atoms with van der Waals surface area (Å²) in [4.78, 5) is 10.4. The van der Waals surface area contributed by atoms with Crippen LogP contribution >= 0.6 is 0 Å². The third-order valence-electron chi connectivity index (χ3n) is 1.78. The zero-order chi connectivity index (χ0) is 11.0. The topological polar surface area (TPSA) is 73.6 Å². The molecule has 0 aliphatic rings. The Hall–Kier alpha value is -0.810. The number of carbonyl (C=O) groups is 1. The van der Waals surface area contributed by atoms with E-state index < -0.39 is 11.8 Å². The maximum Gasteiger partial charge on any atom is 0.312 e. The molecule has 0 fully saturated rings. The molecule has 14 heavy (non-hydrogen) atoms. The molecule has 0 aliphatic carbocycles. The molecule has 0 radical (unpaired) electrons. The first-order chi connectivity index (χ1) is 6.54. The third kappa shape index (κ3) is 5.77. The van der Waals surface area contributed by atoms with Gasteiger partial charge >= 0.3 is 6.03 Å². The van der Waals surface area contributed by atoms with E-state index in [1.807, 2.05) is 20.8 Å². The van der Waals surface area contributed by atoms with Crippen molar-refractivity contribution in [2.75, 3.05) is 19.8 Å². The van der Waals surface area contributed by atoms with E-state index in [9.17, 15) is 4.79 Å². The highest BCUT2D eigenvalue weighted by atomic mass is 16.7. The van der Waals surface area contributed by atoms with Crippen molar-refractivity contribution in [2.45, 2.75) is 33.0 Å². The Morgan fingerprint density at radius 2 is 1.86 bits per heavy atom. The minimum atomic E-state index is -0.633. The highest BCUT2D eigenvalue weighted by Gasteiger charge is 2.24. The fourth-order valence-corrected chi connectivity index (χ4v) is 1.21. The van der Waals surface area contributed by atoms with Crippen molar-refractivity contribution in [3.8, 4) is 0 Å². The van der Waals surface area contributed by atoms with Crippen LogP contribution < -0.4 is 11.1 Å². The van der Waals surface area contributed by atoms with Crippen LogP contribution in [0.2, 0.25) is 0 Å². The first-order valence-electron chi connectivity index (χ1n) is 4.85. The molecule has 0 atom stereocenters. The van der Waals surface area contributed by atoms with E-state index >= 15 is 0 Å². The minimum Gasteiger partial charge on any atom is -0.352 e. The number of amides is 2. The molecule has 0 aliphatic heterocycles. The monoisotopic (exact) mass is 204 g/mol. The number of carbonyl (C=O) groups excluding carboxylic acids is 1. The molecule has 0 aromatic rings. The highest BCUT2D eigenvalue weighted by Crippen LogP contribution is 2.16. The van der Waals surface area contributed by atoms with E-state index in [1.165, 1.54) is 0 Å². The van der Waals surface area contributed by atoms with Gasteiger partial charge in [0.2, 0.25) is 0 Å². The number of hydrogen-bond donors (Lipinski definition) is 2. The Labute approximate surface area is 84.9 Å². The predicted molar refractivity (Wildman–Crippen MR) is 53.9 cm³/mol. The summed E-state index contributed by atoms with van der Waals surface area (Å²) in [5.41, 5.74) is 4.94. The van der Waals surface area contributed by atoms with Gasteiger partial charge in [0.25, 0.3) is 0 Å². The van der Waals surface area contributed by atoms with Gasteiger partial charge in [0.15, 0.2) is 5.79 Å². The minimum absolute atomic E-state index is 0.450. The van der Waals surface area contributed by atoms with Gasteiger partial charge in [0, 0.05) is 26.2 Å². The Morgan fingerprint density at radius 1 is 1.36 bits per heavy atom. The van der Waals surface area contributed by atoms with Crippen molar-refractivity contribution in [1.82, 2.24) is 5.32 Å². The van der Waals surface area contributed by atoms with Crippen LogP contribution in [0.4, 0.5) is 4.79 Å². The van der Waals surface area contributed by atoms with Crippen LogP contribution in [0.5, 0.6) is 0 Å². The predicted octanol–water partition coefficient (Wildman–Crippen LogP) is 0.834. The van der Waals surface area contributed by atoms with Gasteiger partial charge in [0.05, 0.1) is 0 Å². The first-order valence-corrected chi connectivity index (χ1v) is 4.85. The van der Waals surface area contributed by atoms with Crippen LogP contribution in [0, 0.1) is 0 Å². The van der Waals surface area contributed by atoms with Crippen LogP contribution in [0.25, 0.3) is 0 Å². The van der Waals surface area contributed by atoms with E-state index in [1.54, 1.807) is 0 Å². The normalized spacial score (nSPS) is 11.4. The summed E-state index contributed by atoms with van der Waals surface area (Å²) in [7, 11) is 0. The van der Waals surface area contributed by atoms with E-state index in [4.69, 9.17) is 15.2 Å². The number of nitrogens with one attached hydrogen (secondary N) is 1. The van der Waals surface area contributed by atoms with E-state index in [0.29, 0.717) is 26.2 Å². The molecule has 0 unspecified atom stereocenters. The van der Waals surface area contributed by atoms with Crippen molar-refractivity contribution in [3.05, 3.63) is 0 Å². The molecule has 0 heterocycles. The van der Waals surface area contributed by atoms with Crippen LogP contribution in [-0.2, 0) is 9.47 Å². The number of nitrogens with two attached hydrogens (primary N) is 1. The molecule has 2 amide bonds. The van der Waals surface area contributed by atoms with Gasteiger partial charge in [0.1, 0.15) is 0 Å². The van der Waals surface area contributed by atoms with Gasteiger partial charge in [-0.2, -0.15) is 0 Å². The second-order valence-electron chi connectivity index (χ2n) is 3.04. The Kier molecular flexibility index (Phi) is 6.23. The molecule has 5 heteroatoms. The molecule has 0 aromatic carbocycles. The molecule has 5 nitrogen and oxygen atoms in total. The van der Waals surface area contributed by atoms with Gasteiger partial charge in [-0.05, 0) is 20.8 Å². The second kappa shape index (κ2) is 6.62. The summed E-state index contributed by atoms with van der Waals surface area (Å²) >= 11 is 0. The molecule has 0 spiro atoms. The van der Waals surface area contributed by atoms with Crippen molar-refractivity contribution >= 4 is 6.03 Å². The lowest BCUT2D eigenvalue weighted by atomic mass is 10.2. The summed E-state index contributed by atoms with van der Waals surface area (Å²) < 4.78 is 10.9. The standard InChI is InChI=1S/C9H20N2O3/c1-4-13-9(3,14-5-2)6-7-11-8(10)12/h4-7H2,1-3H3,(H3,10,11,12). The first kappa shape index (κ1) is 13.2. The number of ether oxygens (including phenoxy) is 2. The molecule has 0 saturated heterocycles. The van der Waals surface area contributed by atoms with E-state index in [2.05, 4.69) is 5.32 Å². The number of primary amides is 1. The van der Waals surface area contributed by atoms with Gasteiger partial charge in [-0.15, -0.1) is 0 Å². The zero-order valence-electron chi connectivity index (χ0n) is 9.13. The Bertz CT molecular complexity index is 167. The second-order valence-corrected chi connectivity index (χ2v) is 3.04. The summed E-state index contributed by atoms with van der Waals surface area (Å²) in [6.07, 6.45) is 0.581. The molecule has 0 bridgehead atoms. The fourth-order valence-electron chi connectivity index (χ4n) is 1.21. The lowest BCUT2D eigenvalue weighted by Crippen LogP contribution is -2.39. The van der Waals surface area contributed by atoms with Gasteiger partial charge in [-0.25, -0.2) is 4.79 Å². The molecular weight excluding hydrogens is 184 g/mol. The van der Waals surface area contributed by atoms with Crippen molar-refractivity contribution in [2.24, 2.45) is 5.73 Å². The number of hydrogen-bond acceptors (Lipinski definition) is 3. The molecule has 0 rings (SSSR count). The average Bonchev–Trinajstić information content (AvgIpc) is 2.03. The van der Waals surface area contributed by atoms with Crippen molar-refractivity contribution < 1.29 is 14.3 Å². The maximum atomic E-state index is 10.4. The average molecular weight is 204 g/mol. The smallest absolute Gasteiger partial charge is 0.312 e. The molecule has 0 aromatic heterocycles. The summed E-state index contributed by atoms with van der Waals surface area (Å²) in [6, 6.07) is -0.527. The lowest BCUT2D eigenvalue weighted by molar-refractivity contribution is -0.223. The van der Waals surface area contributed by atoms with Crippen molar-refractivity contribution in [3.63, 3.8) is 0 Å². The molecule has 3 N–H and O–H groups in total. The molecule has 84 valence electrons. The van der Waals surface area contributed by atoms with Crippen LogP contribution in [0.1, 0.15) is 27.2 Å². The maximum absolute atomic E-state index is 10.4. The van der Waals surface area contributed by atoms with E-state index in [-0.39, 0.29) is 0 Å². The number of urea groups is 1. The van der Waals surface area contributed by atoms with Gasteiger partial charge < -0.3 is 20.5 Å². The summed E-state index contributed by atoms with van der Waals surface area (Å²) in [5.74, 6) is -0.633. The quantitative estimate of drug-likeness (QED) is 0.603. The SMILES string of the molecule is CCOC(C)(CCNC(N)=O)OCC. The molecular formula is C9H20N2O3. The number of rotatable bonds is 7. The van der Waals surface area contributed by atoms with Gasteiger partial charge in [-0.3, -0.25) is 0 Å². The lowest BCUT2D eigenvalue weighted by Gasteiger charge is -2.29. The summed E-state index contributed by atoms with van der Waals surface area (Å²) in [6.45, 7) is 7.26. The fraction of sp³-hybridized carbons (Fsp3) is 0.889. The summed E-state index contributed by atoms with van der Waals surface area (Å²) in [5, 5.41) is 2.50. The van der Waals surface area contributed by atoms with E-state index in [0.717, 1.165) is 0 Å². The van der Waals surface area contributed by atoms with Crippen LogP contribution in [0.15, 0.2) is 0 Å². The molecule has 0 saturated carbocycles. The highest BCUT2D eigenvalue weighted by molar-refractivity contribution is 5.71. The van der Waals surface area contributed by atoms with Gasteiger partial charge in [-0.1, -0.05) is 0 Å². The zero-order valence-corrected chi connectivity index (χ0v) is 9.13. The Balaban J connectivity index is 3.88.